The number of rotatable bonds is 3. The van der Waals surface area contributed by atoms with Crippen molar-refractivity contribution in [2.45, 2.75) is 0 Å². The molecule has 1 aliphatic heterocycles. The number of para-hydroxylation sites is 1. The number of hydrogen-bond donors (Lipinski definition) is 0. The summed E-state index contributed by atoms with van der Waals surface area (Å²) in [4.78, 5) is 32.7. The molecule has 0 atom stereocenters. The van der Waals surface area contributed by atoms with E-state index in [-0.39, 0.29) is 4.32 Å². The summed E-state index contributed by atoms with van der Waals surface area (Å²) in [5, 5.41) is 10.7. The largest absolute Gasteiger partial charge is 0.548 e. The van der Waals surface area contributed by atoms with Crippen molar-refractivity contribution in [1.29, 1.82) is 0 Å². The van der Waals surface area contributed by atoms with E-state index in [1.165, 1.54) is 0 Å². The monoisotopic (exact) mass is 330 g/mol. The van der Waals surface area contributed by atoms with Crippen molar-refractivity contribution in [3.8, 4) is 0 Å². The minimum atomic E-state index is -1.35. The molecule has 6 nitrogen and oxygen atoms in total. The first-order valence-corrected chi connectivity index (χ1v) is 7.43. The SMILES string of the molecule is O=C([O-])CN1C(=O)/C(=C/c2cccc3nccnc23)SC1=S. The number of hydrogen-bond acceptors (Lipinski definition) is 7. The van der Waals surface area contributed by atoms with Crippen molar-refractivity contribution in [2.75, 3.05) is 6.54 Å². The zero-order valence-corrected chi connectivity index (χ0v) is 12.7. The maximum atomic E-state index is 12.2. The first kappa shape index (κ1) is 14.6. The molecule has 1 saturated heterocycles. The van der Waals surface area contributed by atoms with Gasteiger partial charge in [0.25, 0.3) is 5.91 Å². The summed E-state index contributed by atoms with van der Waals surface area (Å²) in [6.45, 7) is -0.544. The summed E-state index contributed by atoms with van der Waals surface area (Å²) >= 11 is 6.09. The van der Waals surface area contributed by atoms with Crippen LogP contribution in [0.2, 0.25) is 0 Å². The number of fused-ring (bicyclic) bond motifs is 1. The number of thioether (sulfide) groups is 1. The van der Waals surface area contributed by atoms with E-state index in [0.717, 1.165) is 22.2 Å². The van der Waals surface area contributed by atoms with Crippen LogP contribution < -0.4 is 5.11 Å². The summed E-state index contributed by atoms with van der Waals surface area (Å²) in [7, 11) is 0. The van der Waals surface area contributed by atoms with Crippen LogP contribution >= 0.6 is 24.0 Å². The van der Waals surface area contributed by atoms with Crippen LogP contribution in [-0.4, -0.2) is 37.6 Å². The van der Waals surface area contributed by atoms with Gasteiger partial charge in [-0.25, -0.2) is 0 Å². The zero-order chi connectivity index (χ0) is 15.7. The molecule has 8 heteroatoms. The second-order valence-electron chi connectivity index (χ2n) is 4.41. The minimum Gasteiger partial charge on any atom is -0.548 e. The fourth-order valence-electron chi connectivity index (χ4n) is 2.04. The van der Waals surface area contributed by atoms with Gasteiger partial charge < -0.3 is 9.90 Å². The van der Waals surface area contributed by atoms with Crippen molar-refractivity contribution >= 4 is 57.3 Å². The number of carbonyl (C=O) groups excluding carboxylic acids is 2. The predicted octanol–water partition coefficient (Wildman–Crippen LogP) is 0.581. The summed E-state index contributed by atoms with van der Waals surface area (Å²) in [5.74, 6) is -1.80. The quantitative estimate of drug-likeness (QED) is 0.601. The molecule has 2 aromatic rings. The Kier molecular flexibility index (Phi) is 3.86. The predicted molar refractivity (Wildman–Crippen MR) is 84.4 cm³/mol. The number of carboxylic acid groups (broad SMARTS) is 1. The van der Waals surface area contributed by atoms with Gasteiger partial charge >= 0.3 is 0 Å². The van der Waals surface area contributed by atoms with Gasteiger partial charge in [0, 0.05) is 18.0 Å². The van der Waals surface area contributed by atoms with Gasteiger partial charge in [0.1, 0.15) is 4.32 Å². The summed E-state index contributed by atoms with van der Waals surface area (Å²) in [6, 6.07) is 5.44. The number of benzene rings is 1. The van der Waals surface area contributed by atoms with E-state index in [0.29, 0.717) is 15.9 Å². The standard InChI is InChI=1S/C14H9N3O3S2/c18-11(19)7-17-13(20)10(22-14(17)21)6-8-2-1-3-9-12(8)16-5-4-15-9/h1-6H,7H2,(H,18,19)/p-1/b10-6-. The fourth-order valence-corrected chi connectivity index (χ4v) is 3.28. The Balaban J connectivity index is 2.00. The molecule has 0 spiro atoms. The minimum absolute atomic E-state index is 0.201. The molecule has 1 fully saturated rings. The highest BCUT2D eigenvalue weighted by molar-refractivity contribution is 8.26. The Morgan fingerprint density at radius 2 is 2.14 bits per heavy atom. The number of amides is 1. The normalized spacial score (nSPS) is 16.7. The average Bonchev–Trinajstić information content (AvgIpc) is 2.75. The van der Waals surface area contributed by atoms with Gasteiger partial charge in [-0.3, -0.25) is 19.7 Å². The lowest BCUT2D eigenvalue weighted by Gasteiger charge is -2.14. The van der Waals surface area contributed by atoms with Crippen molar-refractivity contribution < 1.29 is 14.7 Å². The van der Waals surface area contributed by atoms with Crippen molar-refractivity contribution in [3.63, 3.8) is 0 Å². The lowest BCUT2D eigenvalue weighted by atomic mass is 10.1. The number of aromatic nitrogens is 2. The van der Waals surface area contributed by atoms with Gasteiger partial charge in [-0.1, -0.05) is 36.1 Å². The highest BCUT2D eigenvalue weighted by Crippen LogP contribution is 2.33. The van der Waals surface area contributed by atoms with Crippen molar-refractivity contribution in [2.24, 2.45) is 0 Å². The van der Waals surface area contributed by atoms with Crippen LogP contribution in [0.3, 0.4) is 0 Å². The first-order valence-electron chi connectivity index (χ1n) is 6.21. The van der Waals surface area contributed by atoms with Gasteiger partial charge in [-0.2, -0.15) is 0 Å². The molecule has 0 saturated carbocycles. The third-order valence-electron chi connectivity index (χ3n) is 2.98. The van der Waals surface area contributed by atoms with Gasteiger partial charge in [-0.15, -0.1) is 0 Å². The van der Waals surface area contributed by atoms with Crippen LogP contribution in [0.5, 0.6) is 0 Å². The van der Waals surface area contributed by atoms with E-state index in [1.807, 2.05) is 18.2 Å². The van der Waals surface area contributed by atoms with Gasteiger partial charge in [0.05, 0.1) is 28.5 Å². The van der Waals surface area contributed by atoms with E-state index >= 15 is 0 Å². The van der Waals surface area contributed by atoms with E-state index in [1.54, 1.807) is 18.5 Å². The fraction of sp³-hybridized carbons (Fsp3) is 0.0714. The second kappa shape index (κ2) is 5.82. The number of carbonyl (C=O) groups is 2. The molecule has 1 aromatic heterocycles. The van der Waals surface area contributed by atoms with Gasteiger partial charge in [-0.05, 0) is 12.1 Å². The Labute approximate surface area is 134 Å². The van der Waals surface area contributed by atoms with Crippen LogP contribution in [0.25, 0.3) is 17.1 Å². The first-order chi connectivity index (χ1) is 10.6. The van der Waals surface area contributed by atoms with Gasteiger partial charge in [0.15, 0.2) is 0 Å². The number of nitrogens with zero attached hydrogens (tertiary/aromatic N) is 3. The highest BCUT2D eigenvalue weighted by atomic mass is 32.2. The van der Waals surface area contributed by atoms with Crippen LogP contribution in [0.4, 0.5) is 0 Å². The molecule has 0 unspecified atom stereocenters. The number of carboxylic acids is 1. The molecule has 0 radical (unpaired) electrons. The zero-order valence-electron chi connectivity index (χ0n) is 11.1. The van der Waals surface area contributed by atoms with Crippen molar-refractivity contribution in [3.05, 3.63) is 41.1 Å². The number of thiocarbonyl (C=S) groups is 1. The van der Waals surface area contributed by atoms with E-state index < -0.39 is 18.4 Å². The molecule has 22 heavy (non-hydrogen) atoms. The molecular formula is C14H8N3O3S2-. The van der Waals surface area contributed by atoms with E-state index in [4.69, 9.17) is 12.2 Å². The molecule has 110 valence electrons. The molecule has 0 N–H and O–H groups in total. The molecule has 0 bridgehead atoms. The summed E-state index contributed by atoms with van der Waals surface area (Å²) < 4.78 is 0.201. The molecule has 1 aromatic carbocycles. The second-order valence-corrected chi connectivity index (χ2v) is 6.09. The number of aliphatic carboxylic acids is 1. The Morgan fingerprint density at radius 1 is 1.36 bits per heavy atom. The maximum absolute atomic E-state index is 12.2. The van der Waals surface area contributed by atoms with E-state index in [9.17, 15) is 14.7 Å². The Hall–Kier alpha value is -2.32. The topological polar surface area (TPSA) is 86.2 Å². The van der Waals surface area contributed by atoms with Crippen LogP contribution in [0.1, 0.15) is 5.56 Å². The Morgan fingerprint density at radius 3 is 2.91 bits per heavy atom. The van der Waals surface area contributed by atoms with Crippen LogP contribution in [0, 0.1) is 0 Å². The van der Waals surface area contributed by atoms with E-state index in [2.05, 4.69) is 9.97 Å². The maximum Gasteiger partial charge on any atom is 0.266 e. The molecule has 1 amide bonds. The molecule has 2 heterocycles. The summed E-state index contributed by atoms with van der Waals surface area (Å²) in [5.41, 5.74) is 2.09. The van der Waals surface area contributed by atoms with Crippen molar-refractivity contribution in [1.82, 2.24) is 14.9 Å². The lowest BCUT2D eigenvalue weighted by molar-refractivity contribution is -0.305. The smallest absolute Gasteiger partial charge is 0.266 e. The molecule has 3 rings (SSSR count). The molecule has 1 aliphatic rings. The van der Waals surface area contributed by atoms with Crippen LogP contribution in [-0.2, 0) is 9.59 Å². The molecule has 0 aliphatic carbocycles. The highest BCUT2D eigenvalue weighted by Gasteiger charge is 2.32. The third-order valence-corrected chi connectivity index (χ3v) is 4.36. The Bertz CT molecular complexity index is 830. The van der Waals surface area contributed by atoms with Crippen LogP contribution in [0.15, 0.2) is 35.5 Å². The lowest BCUT2D eigenvalue weighted by Crippen LogP contribution is -2.40. The van der Waals surface area contributed by atoms with Gasteiger partial charge in [0.2, 0.25) is 0 Å². The third kappa shape index (κ3) is 2.70. The average molecular weight is 330 g/mol. The molecular weight excluding hydrogens is 322 g/mol. The summed E-state index contributed by atoms with van der Waals surface area (Å²) in [6.07, 6.45) is 4.80.